The smallest absolute Gasteiger partial charge is 0.293 e. The molecule has 2 rings (SSSR count). The predicted molar refractivity (Wildman–Crippen MR) is 57.0 cm³/mol. The maximum Gasteiger partial charge on any atom is 0.293 e. The van der Waals surface area contributed by atoms with Crippen LogP contribution in [0.5, 0.6) is 0 Å². The Bertz CT molecular complexity index is 181. The average Bonchev–Trinajstić information content (AvgIpc) is 2.62. The van der Waals surface area contributed by atoms with Gasteiger partial charge in [0.1, 0.15) is 0 Å². The molecule has 2 bridgehead atoms. The Labute approximate surface area is 82.3 Å². The highest BCUT2D eigenvalue weighted by Gasteiger charge is 2.43. The quantitative estimate of drug-likeness (QED) is 0.606. The van der Waals surface area contributed by atoms with Crippen molar-refractivity contribution < 1.29 is 4.65 Å². The molecule has 0 amide bonds. The van der Waals surface area contributed by atoms with Crippen molar-refractivity contribution in [2.45, 2.75) is 58.3 Å². The van der Waals surface area contributed by atoms with Crippen LogP contribution < -0.4 is 0 Å². The second-order valence-electron chi connectivity index (χ2n) is 5.23. The van der Waals surface area contributed by atoms with Gasteiger partial charge in [-0.25, -0.2) is 0 Å². The van der Waals surface area contributed by atoms with Crippen LogP contribution in [0.15, 0.2) is 0 Å². The standard InChI is InChI=1S/C11H21BO/c1-8(2)13-12(3)11-7-9-4-5-10(11)6-9/h8-11H,4-7H2,1-3H3/t9-,10+,11+/m1/s1. The third-order valence-corrected chi connectivity index (χ3v) is 3.88. The van der Waals surface area contributed by atoms with Gasteiger partial charge in [-0.1, -0.05) is 26.1 Å². The normalized spacial score (nSPS) is 37.4. The third kappa shape index (κ3) is 1.93. The first-order valence-electron chi connectivity index (χ1n) is 5.82. The molecule has 2 fully saturated rings. The van der Waals surface area contributed by atoms with E-state index in [1.165, 1.54) is 25.7 Å². The summed E-state index contributed by atoms with van der Waals surface area (Å²) in [5, 5.41) is 0. The van der Waals surface area contributed by atoms with Crippen molar-refractivity contribution in [2.75, 3.05) is 0 Å². The molecule has 0 saturated heterocycles. The summed E-state index contributed by atoms with van der Waals surface area (Å²) in [5.74, 6) is 2.92. The van der Waals surface area contributed by atoms with Crippen LogP contribution in [0.25, 0.3) is 0 Å². The number of hydrogen-bond acceptors (Lipinski definition) is 1. The Balaban J connectivity index is 1.87. The second-order valence-corrected chi connectivity index (χ2v) is 5.23. The summed E-state index contributed by atoms with van der Waals surface area (Å²) in [6.07, 6.45) is 6.31. The molecular formula is C11H21BO. The van der Waals surface area contributed by atoms with E-state index >= 15 is 0 Å². The Hall–Kier alpha value is 0.0249. The zero-order valence-corrected chi connectivity index (χ0v) is 9.12. The molecule has 1 nitrogen and oxygen atoms in total. The Morgan fingerprint density at radius 3 is 2.46 bits per heavy atom. The van der Waals surface area contributed by atoms with E-state index in [-0.39, 0.29) is 0 Å². The molecule has 2 aliphatic carbocycles. The highest BCUT2D eigenvalue weighted by molar-refractivity contribution is 6.52. The molecule has 0 radical (unpaired) electrons. The molecule has 74 valence electrons. The van der Waals surface area contributed by atoms with Crippen LogP contribution in [-0.2, 0) is 4.65 Å². The highest BCUT2D eigenvalue weighted by atomic mass is 16.4. The van der Waals surface area contributed by atoms with Gasteiger partial charge in [-0.2, -0.15) is 0 Å². The fourth-order valence-electron chi connectivity index (χ4n) is 3.40. The minimum absolute atomic E-state index is 0.397. The maximum atomic E-state index is 5.89. The molecule has 0 aromatic heterocycles. The highest BCUT2D eigenvalue weighted by Crippen LogP contribution is 2.52. The van der Waals surface area contributed by atoms with Gasteiger partial charge >= 0.3 is 0 Å². The number of hydrogen-bond donors (Lipinski definition) is 0. The van der Waals surface area contributed by atoms with E-state index in [9.17, 15) is 0 Å². The molecule has 0 N–H and O–H groups in total. The molecule has 13 heavy (non-hydrogen) atoms. The zero-order valence-electron chi connectivity index (χ0n) is 9.12. The van der Waals surface area contributed by atoms with Crippen molar-refractivity contribution in [3.63, 3.8) is 0 Å². The summed E-state index contributed by atoms with van der Waals surface area (Å²) in [4.78, 5) is 0. The molecule has 0 aromatic rings. The summed E-state index contributed by atoms with van der Waals surface area (Å²) in [5.41, 5.74) is 0. The fraction of sp³-hybridized carbons (Fsp3) is 1.00. The van der Waals surface area contributed by atoms with Crippen molar-refractivity contribution in [1.29, 1.82) is 0 Å². The van der Waals surface area contributed by atoms with Gasteiger partial charge in [0.25, 0.3) is 6.92 Å². The molecule has 3 atom stereocenters. The lowest BCUT2D eigenvalue weighted by atomic mass is 9.53. The summed E-state index contributed by atoms with van der Waals surface area (Å²) in [6, 6.07) is 0. The number of rotatable bonds is 3. The van der Waals surface area contributed by atoms with Crippen LogP contribution in [-0.4, -0.2) is 13.0 Å². The van der Waals surface area contributed by atoms with E-state index in [0.29, 0.717) is 13.0 Å². The first-order valence-corrected chi connectivity index (χ1v) is 5.82. The topological polar surface area (TPSA) is 9.23 Å². The van der Waals surface area contributed by atoms with Crippen molar-refractivity contribution in [1.82, 2.24) is 0 Å². The summed E-state index contributed by atoms with van der Waals surface area (Å²) in [6.45, 7) is 7.05. The minimum Gasteiger partial charge on any atom is -0.434 e. The van der Waals surface area contributed by atoms with Crippen LogP contribution in [0.2, 0.25) is 12.6 Å². The van der Waals surface area contributed by atoms with E-state index in [2.05, 4.69) is 20.7 Å². The van der Waals surface area contributed by atoms with Gasteiger partial charge in [0.15, 0.2) is 0 Å². The molecule has 2 heteroatoms. The van der Waals surface area contributed by atoms with Gasteiger partial charge in [0.2, 0.25) is 0 Å². The summed E-state index contributed by atoms with van der Waals surface area (Å²) < 4.78 is 5.89. The van der Waals surface area contributed by atoms with E-state index in [1.54, 1.807) is 0 Å². The molecule has 2 saturated carbocycles. The van der Waals surface area contributed by atoms with Gasteiger partial charge in [0, 0.05) is 6.10 Å². The van der Waals surface area contributed by atoms with Gasteiger partial charge in [-0.05, 0) is 37.9 Å². The lowest BCUT2D eigenvalue weighted by Crippen LogP contribution is -2.28. The van der Waals surface area contributed by atoms with Crippen molar-refractivity contribution in [3.8, 4) is 0 Å². The van der Waals surface area contributed by atoms with E-state index in [4.69, 9.17) is 4.65 Å². The van der Waals surface area contributed by atoms with Gasteiger partial charge < -0.3 is 4.65 Å². The van der Waals surface area contributed by atoms with Crippen LogP contribution >= 0.6 is 0 Å². The van der Waals surface area contributed by atoms with Crippen molar-refractivity contribution in [2.24, 2.45) is 11.8 Å². The van der Waals surface area contributed by atoms with Gasteiger partial charge in [-0.15, -0.1) is 0 Å². The van der Waals surface area contributed by atoms with Crippen LogP contribution in [0, 0.1) is 11.8 Å². The lowest BCUT2D eigenvalue weighted by molar-refractivity contribution is 0.231. The first-order chi connectivity index (χ1) is 6.16. The molecule has 0 unspecified atom stereocenters. The maximum absolute atomic E-state index is 5.89. The van der Waals surface area contributed by atoms with Crippen molar-refractivity contribution in [3.05, 3.63) is 0 Å². The third-order valence-electron chi connectivity index (χ3n) is 3.88. The summed E-state index contributed by atoms with van der Waals surface area (Å²) >= 11 is 0. The molecule has 2 aliphatic rings. The molecular weight excluding hydrogens is 159 g/mol. The van der Waals surface area contributed by atoms with Gasteiger partial charge in [0.05, 0.1) is 0 Å². The van der Waals surface area contributed by atoms with E-state index in [1.807, 2.05) is 0 Å². The fourth-order valence-corrected chi connectivity index (χ4v) is 3.40. The Morgan fingerprint density at radius 2 is 2.00 bits per heavy atom. The first kappa shape index (κ1) is 9.58. The van der Waals surface area contributed by atoms with Crippen LogP contribution in [0.1, 0.15) is 39.5 Å². The van der Waals surface area contributed by atoms with E-state index in [0.717, 1.165) is 17.7 Å². The predicted octanol–water partition coefficient (Wildman–Crippen LogP) is 3.22. The van der Waals surface area contributed by atoms with Crippen LogP contribution in [0.3, 0.4) is 0 Å². The largest absolute Gasteiger partial charge is 0.434 e. The van der Waals surface area contributed by atoms with Gasteiger partial charge in [-0.3, -0.25) is 0 Å². The SMILES string of the molecule is CB(OC(C)C)[C@H]1C[C@@H]2CC[C@H]1C2. The molecule has 0 aromatic carbocycles. The lowest BCUT2D eigenvalue weighted by Gasteiger charge is -2.26. The van der Waals surface area contributed by atoms with Crippen molar-refractivity contribution >= 4 is 6.92 Å². The Morgan fingerprint density at radius 1 is 1.23 bits per heavy atom. The Kier molecular flexibility index (Phi) is 2.68. The number of fused-ring (bicyclic) bond motifs is 2. The summed E-state index contributed by atoms with van der Waals surface area (Å²) in [7, 11) is 0. The molecule has 0 aliphatic heterocycles. The zero-order chi connectivity index (χ0) is 9.42. The van der Waals surface area contributed by atoms with Crippen LogP contribution in [0.4, 0.5) is 0 Å². The second kappa shape index (κ2) is 3.64. The monoisotopic (exact) mass is 180 g/mol. The minimum atomic E-state index is 0.397. The van der Waals surface area contributed by atoms with E-state index < -0.39 is 0 Å². The molecule has 0 heterocycles. The molecule has 0 spiro atoms. The average molecular weight is 180 g/mol.